The Morgan fingerprint density at radius 1 is 1.39 bits per heavy atom. The maximum atomic E-state index is 13.6. The molecule has 1 aromatic heterocycles. The van der Waals surface area contributed by atoms with Crippen molar-refractivity contribution in [1.82, 2.24) is 9.78 Å². The fraction of sp³-hybridized carbons (Fsp3) is 0.308. The largest absolute Gasteiger partial charge is 0.395 e. The highest BCUT2D eigenvalue weighted by molar-refractivity contribution is 7.99. The second-order valence-corrected chi connectivity index (χ2v) is 5.09. The molecule has 0 bridgehead atoms. The second kappa shape index (κ2) is 5.44. The van der Waals surface area contributed by atoms with Crippen molar-refractivity contribution in [2.24, 2.45) is 0 Å². The lowest BCUT2D eigenvalue weighted by atomic mass is 10.3. The molecule has 0 unspecified atom stereocenters. The Morgan fingerprint density at radius 2 is 2.11 bits per heavy atom. The van der Waals surface area contributed by atoms with Crippen molar-refractivity contribution < 1.29 is 4.39 Å². The molecule has 0 spiro atoms. The maximum Gasteiger partial charge on any atom is 0.137 e. The zero-order valence-electron chi connectivity index (χ0n) is 10.5. The first-order valence-corrected chi connectivity index (χ1v) is 6.70. The number of nitrogen functional groups attached to an aromatic ring is 1. The number of anilines is 1. The van der Waals surface area contributed by atoms with Crippen LogP contribution in [0.5, 0.6) is 0 Å². The number of hydrogen-bond acceptors (Lipinski definition) is 3. The Hall–Kier alpha value is -1.49. The van der Waals surface area contributed by atoms with Gasteiger partial charge in [0, 0.05) is 11.4 Å². The Bertz CT molecular complexity index is 551. The zero-order valence-corrected chi connectivity index (χ0v) is 11.3. The van der Waals surface area contributed by atoms with Crippen molar-refractivity contribution in [3.05, 3.63) is 35.8 Å². The van der Waals surface area contributed by atoms with Gasteiger partial charge in [-0.2, -0.15) is 5.10 Å². The zero-order chi connectivity index (χ0) is 13.1. The van der Waals surface area contributed by atoms with Gasteiger partial charge in [0.25, 0.3) is 0 Å². The number of hydrogen-bond donors (Lipinski definition) is 1. The molecule has 0 aliphatic carbocycles. The van der Waals surface area contributed by atoms with Crippen LogP contribution in [0.15, 0.2) is 34.2 Å². The van der Waals surface area contributed by atoms with Crippen molar-refractivity contribution in [1.29, 1.82) is 0 Å². The van der Waals surface area contributed by atoms with E-state index in [1.807, 2.05) is 17.7 Å². The predicted molar refractivity (Wildman–Crippen MR) is 72.2 cm³/mol. The van der Waals surface area contributed by atoms with E-state index in [4.69, 9.17) is 5.73 Å². The van der Waals surface area contributed by atoms with Crippen LogP contribution >= 0.6 is 11.8 Å². The van der Waals surface area contributed by atoms with Gasteiger partial charge in [0.15, 0.2) is 0 Å². The molecule has 0 aliphatic rings. The molecule has 2 rings (SSSR count). The summed E-state index contributed by atoms with van der Waals surface area (Å²) in [5.74, 6) is -0.233. The number of nitrogens with zero attached hydrogens (tertiary/aromatic N) is 2. The van der Waals surface area contributed by atoms with Gasteiger partial charge >= 0.3 is 0 Å². The van der Waals surface area contributed by atoms with E-state index in [1.54, 1.807) is 12.1 Å². The molecule has 3 nitrogen and oxygen atoms in total. The average molecular weight is 265 g/mol. The molecule has 0 radical (unpaired) electrons. The molecule has 18 heavy (non-hydrogen) atoms. The van der Waals surface area contributed by atoms with Crippen LogP contribution in [0.3, 0.4) is 0 Å². The fourth-order valence-electron chi connectivity index (χ4n) is 1.68. The summed E-state index contributed by atoms with van der Waals surface area (Å²) >= 11 is 1.33. The maximum absolute atomic E-state index is 13.6. The first-order chi connectivity index (χ1) is 8.63. The van der Waals surface area contributed by atoms with E-state index >= 15 is 0 Å². The SMILES string of the molecule is CCCn1nc(C)c(N)c1Sc1ccccc1F. The van der Waals surface area contributed by atoms with Gasteiger partial charge in [-0.1, -0.05) is 30.8 Å². The van der Waals surface area contributed by atoms with Gasteiger partial charge in [-0.15, -0.1) is 0 Å². The third-order valence-corrected chi connectivity index (χ3v) is 3.78. The Balaban J connectivity index is 2.36. The van der Waals surface area contributed by atoms with Crippen molar-refractivity contribution >= 4 is 17.4 Å². The molecule has 0 amide bonds. The van der Waals surface area contributed by atoms with Crippen molar-refractivity contribution in [3.63, 3.8) is 0 Å². The Morgan fingerprint density at radius 3 is 2.78 bits per heavy atom. The van der Waals surface area contributed by atoms with E-state index in [2.05, 4.69) is 12.0 Å². The molecule has 0 fully saturated rings. The van der Waals surface area contributed by atoms with Crippen LogP contribution in [-0.4, -0.2) is 9.78 Å². The summed E-state index contributed by atoms with van der Waals surface area (Å²) in [4.78, 5) is 0.571. The molecule has 2 N–H and O–H groups in total. The van der Waals surface area contributed by atoms with E-state index < -0.39 is 0 Å². The van der Waals surface area contributed by atoms with Crippen LogP contribution in [0, 0.1) is 12.7 Å². The standard InChI is InChI=1S/C13H16FN3S/c1-3-8-17-13(12(15)9(2)16-17)18-11-7-5-4-6-10(11)14/h4-7H,3,8,15H2,1-2H3. The topological polar surface area (TPSA) is 43.8 Å². The number of nitrogens with two attached hydrogens (primary N) is 1. The molecule has 0 saturated carbocycles. The molecule has 1 heterocycles. The summed E-state index contributed by atoms with van der Waals surface area (Å²) in [6.45, 7) is 4.73. The van der Waals surface area contributed by atoms with Gasteiger partial charge in [-0.05, 0) is 25.5 Å². The summed E-state index contributed by atoms with van der Waals surface area (Å²) in [6.07, 6.45) is 0.964. The Kier molecular flexibility index (Phi) is 3.91. The van der Waals surface area contributed by atoms with E-state index in [-0.39, 0.29) is 5.82 Å². The number of aromatic nitrogens is 2. The van der Waals surface area contributed by atoms with E-state index in [1.165, 1.54) is 17.8 Å². The predicted octanol–water partition coefficient (Wildman–Crippen LogP) is 3.47. The highest BCUT2D eigenvalue weighted by Crippen LogP contribution is 2.35. The number of rotatable bonds is 4. The highest BCUT2D eigenvalue weighted by Gasteiger charge is 2.15. The number of benzene rings is 1. The minimum atomic E-state index is -0.233. The number of aryl methyl sites for hydroxylation is 2. The van der Waals surface area contributed by atoms with Crippen LogP contribution in [0.4, 0.5) is 10.1 Å². The van der Waals surface area contributed by atoms with Crippen LogP contribution in [-0.2, 0) is 6.54 Å². The molecule has 0 saturated heterocycles. The number of halogens is 1. The van der Waals surface area contributed by atoms with Crippen molar-refractivity contribution in [2.75, 3.05) is 5.73 Å². The van der Waals surface area contributed by atoms with Gasteiger partial charge in [-0.3, -0.25) is 4.68 Å². The van der Waals surface area contributed by atoms with Gasteiger partial charge < -0.3 is 5.73 Å². The molecular formula is C13H16FN3S. The van der Waals surface area contributed by atoms with Gasteiger partial charge in [0.1, 0.15) is 10.8 Å². The third kappa shape index (κ3) is 2.51. The quantitative estimate of drug-likeness (QED) is 0.920. The van der Waals surface area contributed by atoms with E-state index in [0.29, 0.717) is 10.6 Å². The smallest absolute Gasteiger partial charge is 0.137 e. The molecular weight excluding hydrogens is 249 g/mol. The first-order valence-electron chi connectivity index (χ1n) is 5.88. The van der Waals surface area contributed by atoms with Crippen LogP contribution in [0.2, 0.25) is 0 Å². The van der Waals surface area contributed by atoms with Gasteiger partial charge in [-0.25, -0.2) is 4.39 Å². The lowest BCUT2D eigenvalue weighted by Crippen LogP contribution is -2.01. The van der Waals surface area contributed by atoms with Gasteiger partial charge in [0.2, 0.25) is 0 Å². The lowest BCUT2D eigenvalue weighted by Gasteiger charge is -2.07. The minimum absolute atomic E-state index is 0.233. The summed E-state index contributed by atoms with van der Waals surface area (Å²) in [6, 6.07) is 6.69. The van der Waals surface area contributed by atoms with E-state index in [0.717, 1.165) is 23.7 Å². The van der Waals surface area contributed by atoms with Crippen molar-refractivity contribution in [3.8, 4) is 0 Å². The van der Waals surface area contributed by atoms with E-state index in [9.17, 15) is 4.39 Å². The summed E-state index contributed by atoms with van der Waals surface area (Å²) in [5.41, 5.74) is 7.43. The lowest BCUT2D eigenvalue weighted by molar-refractivity contribution is 0.555. The fourth-order valence-corrected chi connectivity index (χ4v) is 2.69. The average Bonchev–Trinajstić information content (AvgIpc) is 2.60. The van der Waals surface area contributed by atoms with Gasteiger partial charge in [0.05, 0.1) is 11.4 Å². The highest BCUT2D eigenvalue weighted by atomic mass is 32.2. The minimum Gasteiger partial charge on any atom is -0.395 e. The molecule has 2 aromatic rings. The normalized spacial score (nSPS) is 10.8. The summed E-state index contributed by atoms with van der Waals surface area (Å²) in [7, 11) is 0. The van der Waals surface area contributed by atoms with Crippen LogP contribution < -0.4 is 5.73 Å². The summed E-state index contributed by atoms with van der Waals surface area (Å²) < 4.78 is 15.5. The van der Waals surface area contributed by atoms with Crippen LogP contribution in [0.25, 0.3) is 0 Å². The molecule has 1 aromatic carbocycles. The molecule has 0 aliphatic heterocycles. The molecule has 0 atom stereocenters. The monoisotopic (exact) mass is 265 g/mol. The van der Waals surface area contributed by atoms with Crippen LogP contribution in [0.1, 0.15) is 19.0 Å². The summed E-state index contributed by atoms with van der Waals surface area (Å²) in [5, 5.41) is 5.19. The Labute approximate surface area is 110 Å². The first kappa shape index (κ1) is 13.0. The second-order valence-electron chi connectivity index (χ2n) is 4.06. The molecule has 96 valence electrons. The van der Waals surface area contributed by atoms with Crippen molar-refractivity contribution in [2.45, 2.75) is 36.7 Å². The third-order valence-electron chi connectivity index (χ3n) is 2.60. The molecule has 5 heteroatoms.